The minimum Gasteiger partial charge on any atom is -0.506 e. The van der Waals surface area contributed by atoms with Crippen molar-refractivity contribution >= 4 is 96.3 Å². The van der Waals surface area contributed by atoms with Crippen molar-refractivity contribution in [2.75, 3.05) is 0 Å². The topological polar surface area (TPSA) is 92.8 Å². The van der Waals surface area contributed by atoms with E-state index in [4.69, 9.17) is 15.6 Å². The number of nitrogens with two attached hydrogens (primary N) is 1. The third-order valence-corrected chi connectivity index (χ3v) is 6.29. The minimum atomic E-state index is -1.02. The summed E-state index contributed by atoms with van der Waals surface area (Å²) in [6, 6.07) is 6.34. The van der Waals surface area contributed by atoms with E-state index in [1.54, 1.807) is 12.1 Å². The lowest BCUT2D eigenvalue weighted by atomic mass is 10.3. The van der Waals surface area contributed by atoms with E-state index in [1.165, 1.54) is 0 Å². The van der Waals surface area contributed by atoms with Gasteiger partial charge in [-0.05, 0) is 127 Å². The van der Waals surface area contributed by atoms with E-state index in [9.17, 15) is 9.90 Å². The van der Waals surface area contributed by atoms with Gasteiger partial charge in [-0.3, -0.25) is 4.79 Å². The zero-order chi connectivity index (χ0) is 18.0. The number of carboxylic acid groups (broad SMARTS) is 1. The molecule has 0 amide bonds. The molecular weight excluding hydrogens is 772 g/mol. The van der Waals surface area contributed by atoms with Gasteiger partial charge in [0.25, 0.3) is 0 Å². The average molecular weight is 783 g/mol. The molecule has 0 radical (unpaired) electrons. The van der Waals surface area contributed by atoms with Gasteiger partial charge in [0.15, 0.2) is 5.75 Å². The van der Waals surface area contributed by atoms with Gasteiger partial charge in [-0.15, -0.1) is 0 Å². The van der Waals surface area contributed by atoms with Gasteiger partial charge in [-0.2, -0.15) is 0 Å². The highest BCUT2D eigenvalue weighted by Gasteiger charge is 2.16. The van der Waals surface area contributed by atoms with E-state index in [0.29, 0.717) is 18.6 Å². The number of rotatable bonds is 5. The van der Waals surface area contributed by atoms with Crippen molar-refractivity contribution in [3.8, 4) is 17.2 Å². The first kappa shape index (κ1) is 20.7. The molecule has 1 unspecified atom stereocenters. The Morgan fingerprint density at radius 3 is 2.00 bits per heavy atom. The first-order chi connectivity index (χ1) is 11.2. The summed E-state index contributed by atoms with van der Waals surface area (Å²) < 4.78 is 9.14. The van der Waals surface area contributed by atoms with E-state index in [1.807, 2.05) is 12.1 Å². The summed E-state index contributed by atoms with van der Waals surface area (Å²) in [5, 5.41) is 18.8. The maximum atomic E-state index is 10.9. The van der Waals surface area contributed by atoms with Gasteiger partial charge < -0.3 is 20.7 Å². The number of carboxylic acids is 1. The normalized spacial score (nSPS) is 12.0. The molecule has 0 heterocycles. The Balaban J connectivity index is 2.30. The van der Waals surface area contributed by atoms with Crippen LogP contribution in [0.3, 0.4) is 0 Å². The van der Waals surface area contributed by atoms with Crippen molar-refractivity contribution in [1.29, 1.82) is 0 Å². The number of aromatic hydroxyl groups is 1. The number of halogens is 4. The summed E-state index contributed by atoms with van der Waals surface area (Å²) in [4.78, 5) is 10.9. The molecule has 0 spiro atoms. The summed E-state index contributed by atoms with van der Waals surface area (Å²) in [5.41, 5.74) is 6.44. The van der Waals surface area contributed by atoms with Crippen LogP contribution in [0.2, 0.25) is 0 Å². The smallest absolute Gasteiger partial charge is 0.320 e. The number of hydrogen-bond donors (Lipinski definition) is 3. The van der Waals surface area contributed by atoms with Crippen LogP contribution in [0.1, 0.15) is 5.56 Å². The molecule has 5 nitrogen and oxygen atoms in total. The maximum absolute atomic E-state index is 10.9. The van der Waals surface area contributed by atoms with Gasteiger partial charge >= 0.3 is 5.97 Å². The molecule has 4 N–H and O–H groups in total. The lowest BCUT2D eigenvalue weighted by molar-refractivity contribution is -0.138. The van der Waals surface area contributed by atoms with Crippen LogP contribution in [0.15, 0.2) is 24.3 Å². The highest BCUT2D eigenvalue weighted by Crippen LogP contribution is 2.36. The predicted molar refractivity (Wildman–Crippen MR) is 125 cm³/mol. The first-order valence-corrected chi connectivity index (χ1v) is 10.8. The highest BCUT2D eigenvalue weighted by molar-refractivity contribution is 14.1. The van der Waals surface area contributed by atoms with Crippen LogP contribution in [-0.4, -0.2) is 22.2 Å². The van der Waals surface area contributed by atoms with Crippen LogP contribution in [-0.2, 0) is 11.2 Å². The molecule has 0 aliphatic rings. The summed E-state index contributed by atoms with van der Waals surface area (Å²) >= 11 is 8.42. The number of benzene rings is 2. The highest BCUT2D eigenvalue weighted by atomic mass is 127. The molecule has 0 saturated heterocycles. The average Bonchev–Trinajstić information content (AvgIpc) is 2.48. The third-order valence-electron chi connectivity index (χ3n) is 3.04. The number of ether oxygens (including phenoxy) is 1. The summed E-state index contributed by atoms with van der Waals surface area (Å²) in [6.07, 6.45) is 0.261. The minimum absolute atomic E-state index is 0.242. The number of phenols is 1. The predicted octanol–water partition coefficient (Wildman–Crippen LogP) is 4.56. The van der Waals surface area contributed by atoms with E-state index < -0.39 is 12.0 Å². The van der Waals surface area contributed by atoms with Crippen LogP contribution < -0.4 is 10.5 Å². The maximum Gasteiger partial charge on any atom is 0.320 e. The molecule has 128 valence electrons. The van der Waals surface area contributed by atoms with Crippen LogP contribution >= 0.6 is 90.4 Å². The van der Waals surface area contributed by atoms with E-state index >= 15 is 0 Å². The molecule has 0 aliphatic carbocycles. The fourth-order valence-electron chi connectivity index (χ4n) is 1.89. The quantitative estimate of drug-likeness (QED) is 0.388. The Morgan fingerprint density at radius 2 is 1.54 bits per heavy atom. The molecule has 0 bridgehead atoms. The number of phenolic OH excluding ortho intramolecular Hbond substituents is 1. The molecule has 1 atom stereocenters. The monoisotopic (exact) mass is 783 g/mol. The summed E-state index contributed by atoms with van der Waals surface area (Å²) in [6.45, 7) is 0. The molecule has 2 rings (SSSR count). The first-order valence-electron chi connectivity index (χ1n) is 6.51. The second kappa shape index (κ2) is 8.85. The number of aliphatic carboxylic acids is 1. The Kier molecular flexibility index (Phi) is 7.64. The van der Waals surface area contributed by atoms with Crippen molar-refractivity contribution in [3.63, 3.8) is 0 Å². The van der Waals surface area contributed by atoms with Gasteiger partial charge in [-0.25, -0.2) is 0 Å². The van der Waals surface area contributed by atoms with Crippen LogP contribution in [0.25, 0.3) is 0 Å². The number of carbonyl (C=O) groups is 1. The second-order valence-electron chi connectivity index (χ2n) is 4.88. The van der Waals surface area contributed by atoms with Gasteiger partial charge in [0.1, 0.15) is 17.5 Å². The molecule has 24 heavy (non-hydrogen) atoms. The van der Waals surface area contributed by atoms with Crippen molar-refractivity contribution in [3.05, 3.63) is 44.1 Å². The van der Waals surface area contributed by atoms with Crippen molar-refractivity contribution < 1.29 is 19.7 Å². The Labute approximate surface area is 193 Å². The van der Waals surface area contributed by atoms with Crippen molar-refractivity contribution in [2.45, 2.75) is 12.5 Å². The SMILES string of the molecule is NC(C[13c]1[13cH][13c](I)[13c](Oc2cc(I)c(O)c(I)c2)[13c](I)[13cH]1)C(=O)O. The number of hydrogen-bond acceptors (Lipinski definition) is 4. The summed E-state index contributed by atoms with van der Waals surface area (Å²) in [5.74, 6) is 0.549. The van der Waals surface area contributed by atoms with Crippen molar-refractivity contribution in [1.82, 2.24) is 0 Å². The van der Waals surface area contributed by atoms with Gasteiger partial charge in [0.2, 0.25) is 0 Å². The lowest BCUT2D eigenvalue weighted by Gasteiger charge is -2.14. The lowest BCUT2D eigenvalue weighted by Crippen LogP contribution is -2.32. The Bertz CT molecular complexity index is 751. The molecule has 2 aromatic rings. The van der Waals surface area contributed by atoms with Gasteiger partial charge in [-0.1, -0.05) is 0 Å². The molecule has 9 heteroatoms. The fourth-order valence-corrected chi connectivity index (χ4v) is 5.72. The van der Waals surface area contributed by atoms with E-state index in [-0.39, 0.29) is 12.2 Å². The fraction of sp³-hybridized carbons (Fsp3) is 0.133. The standard InChI is InChI=1S/C15H11I4NO4/c16-8-4-7(5-9(17)13(8)21)24-14-10(18)1-6(2-11(14)19)3-12(20)15(22)23/h1-2,4-5,12,21H,3,20H2,(H,22,23)/i1+1,2+1,6+1,10+1,11+1,14+1. The van der Waals surface area contributed by atoms with Crippen LogP contribution in [0.5, 0.6) is 17.2 Å². The Hall–Kier alpha value is 0.390. The Morgan fingerprint density at radius 1 is 1.04 bits per heavy atom. The van der Waals surface area contributed by atoms with Crippen LogP contribution in [0.4, 0.5) is 0 Å². The zero-order valence-electron chi connectivity index (χ0n) is 11.9. The molecule has 0 saturated carbocycles. The zero-order valence-corrected chi connectivity index (χ0v) is 20.5. The molecule has 0 aromatic heterocycles. The van der Waals surface area contributed by atoms with Crippen LogP contribution in [0, 0.1) is 14.3 Å². The second-order valence-corrected chi connectivity index (χ2v) is 9.52. The molecular formula is C15H11I4NO4. The van der Waals surface area contributed by atoms with E-state index in [0.717, 1.165) is 12.7 Å². The molecule has 0 aliphatic heterocycles. The largest absolute Gasteiger partial charge is 0.506 e. The molecule has 2 aromatic carbocycles. The molecule has 0 fully saturated rings. The van der Waals surface area contributed by atoms with E-state index in [2.05, 4.69) is 90.4 Å². The summed E-state index contributed by atoms with van der Waals surface area (Å²) in [7, 11) is 0. The third kappa shape index (κ3) is 5.20. The van der Waals surface area contributed by atoms with Gasteiger partial charge in [0.05, 0.1) is 14.3 Å². The van der Waals surface area contributed by atoms with Gasteiger partial charge in [0, 0.05) is 0 Å². The van der Waals surface area contributed by atoms with Crippen molar-refractivity contribution in [2.24, 2.45) is 5.73 Å².